The molecule has 2 aliphatic heterocycles. The molecule has 2 rings (SSSR count). The Labute approximate surface area is 89.0 Å². The summed E-state index contributed by atoms with van der Waals surface area (Å²) in [4.78, 5) is 24.7. The van der Waals surface area contributed by atoms with Crippen LogP contribution in [0.5, 0.6) is 0 Å². The fourth-order valence-electron chi connectivity index (χ4n) is 2.24. The number of hydrogen-bond donors (Lipinski definition) is 2. The van der Waals surface area contributed by atoms with Gasteiger partial charge in [-0.3, -0.25) is 9.59 Å². The molecule has 0 aromatic rings. The molecular weight excluding hydrogens is 194 g/mol. The number of nitrogens with two attached hydrogens (primary N) is 1. The minimum Gasteiger partial charge on any atom is -0.344 e. The molecule has 2 aliphatic rings. The number of hydrogen-bond acceptors (Lipinski definition) is 3. The first-order valence-corrected chi connectivity index (χ1v) is 5.49. The van der Waals surface area contributed by atoms with Gasteiger partial charge in [0.1, 0.15) is 6.04 Å². The van der Waals surface area contributed by atoms with Gasteiger partial charge in [-0.25, -0.2) is 0 Å². The summed E-state index contributed by atoms with van der Waals surface area (Å²) in [5.41, 5.74) is 5.56. The topological polar surface area (TPSA) is 75.4 Å². The lowest BCUT2D eigenvalue weighted by Crippen LogP contribution is -2.43. The van der Waals surface area contributed by atoms with Crippen molar-refractivity contribution in [1.82, 2.24) is 10.2 Å². The second-order valence-corrected chi connectivity index (χ2v) is 4.33. The summed E-state index contributed by atoms with van der Waals surface area (Å²) in [5, 5.41) is 2.70. The molecule has 2 amide bonds. The lowest BCUT2D eigenvalue weighted by atomic mass is 10.1. The van der Waals surface area contributed by atoms with Gasteiger partial charge >= 0.3 is 0 Å². The number of likely N-dealkylation sites (tertiary alicyclic amines) is 1. The van der Waals surface area contributed by atoms with Crippen molar-refractivity contribution in [1.29, 1.82) is 0 Å². The predicted molar refractivity (Wildman–Crippen MR) is 54.9 cm³/mol. The van der Waals surface area contributed by atoms with Crippen molar-refractivity contribution in [3.05, 3.63) is 0 Å². The highest BCUT2D eigenvalue weighted by Gasteiger charge is 2.33. The Kier molecular flexibility index (Phi) is 2.90. The molecule has 3 N–H and O–H groups in total. The molecule has 2 fully saturated rings. The van der Waals surface area contributed by atoms with E-state index >= 15 is 0 Å². The van der Waals surface area contributed by atoms with Gasteiger partial charge in [0.05, 0.1) is 0 Å². The van der Waals surface area contributed by atoms with Gasteiger partial charge < -0.3 is 16.0 Å². The monoisotopic (exact) mass is 211 g/mol. The van der Waals surface area contributed by atoms with E-state index in [9.17, 15) is 9.59 Å². The Bertz CT molecular complexity index is 280. The molecule has 0 aromatic heterocycles. The van der Waals surface area contributed by atoms with Crippen LogP contribution in [0.2, 0.25) is 0 Å². The highest BCUT2D eigenvalue weighted by Crippen LogP contribution is 2.18. The first-order chi connectivity index (χ1) is 7.20. The largest absolute Gasteiger partial charge is 0.344 e. The zero-order chi connectivity index (χ0) is 10.8. The van der Waals surface area contributed by atoms with Crippen LogP contribution in [0.1, 0.15) is 19.3 Å². The van der Waals surface area contributed by atoms with E-state index in [1.807, 2.05) is 4.90 Å². The van der Waals surface area contributed by atoms with E-state index in [0.29, 0.717) is 25.3 Å². The van der Waals surface area contributed by atoms with Crippen LogP contribution in [0.4, 0.5) is 0 Å². The van der Waals surface area contributed by atoms with Gasteiger partial charge in [-0.15, -0.1) is 0 Å². The van der Waals surface area contributed by atoms with Crippen LogP contribution in [-0.2, 0) is 9.59 Å². The van der Waals surface area contributed by atoms with Gasteiger partial charge in [0, 0.05) is 19.5 Å². The summed E-state index contributed by atoms with van der Waals surface area (Å²) in [6.07, 6.45) is 2.11. The van der Waals surface area contributed by atoms with Gasteiger partial charge in [0.25, 0.3) is 0 Å². The van der Waals surface area contributed by atoms with E-state index in [1.165, 1.54) is 0 Å². The summed E-state index contributed by atoms with van der Waals surface area (Å²) in [5.74, 6) is 0.491. The van der Waals surface area contributed by atoms with Crippen molar-refractivity contribution >= 4 is 11.8 Å². The molecule has 1 unspecified atom stereocenters. The van der Waals surface area contributed by atoms with Crippen molar-refractivity contribution in [2.75, 3.05) is 19.6 Å². The maximum atomic E-state index is 11.9. The molecule has 0 aliphatic carbocycles. The number of amides is 2. The van der Waals surface area contributed by atoms with Crippen LogP contribution >= 0.6 is 0 Å². The van der Waals surface area contributed by atoms with Crippen LogP contribution in [0.3, 0.4) is 0 Å². The van der Waals surface area contributed by atoms with Crippen LogP contribution in [0, 0.1) is 5.92 Å². The Morgan fingerprint density at radius 3 is 2.87 bits per heavy atom. The van der Waals surface area contributed by atoms with Crippen molar-refractivity contribution < 1.29 is 9.59 Å². The molecule has 15 heavy (non-hydrogen) atoms. The normalized spacial score (nSPS) is 30.7. The summed E-state index contributed by atoms with van der Waals surface area (Å²) >= 11 is 0. The molecule has 5 heteroatoms. The van der Waals surface area contributed by atoms with E-state index in [0.717, 1.165) is 19.5 Å². The highest BCUT2D eigenvalue weighted by molar-refractivity contribution is 5.90. The molecule has 0 bridgehead atoms. The van der Waals surface area contributed by atoms with Crippen molar-refractivity contribution in [3.63, 3.8) is 0 Å². The molecular formula is C10H17N3O2. The number of rotatable bonds is 2. The zero-order valence-corrected chi connectivity index (χ0v) is 8.74. The fraction of sp³-hybridized carbons (Fsp3) is 0.800. The fourth-order valence-corrected chi connectivity index (χ4v) is 2.24. The lowest BCUT2D eigenvalue weighted by Gasteiger charge is -2.20. The van der Waals surface area contributed by atoms with E-state index in [2.05, 4.69) is 5.32 Å². The van der Waals surface area contributed by atoms with Crippen molar-refractivity contribution in [2.45, 2.75) is 25.3 Å². The predicted octanol–water partition coefficient (Wildman–Crippen LogP) is -0.928. The van der Waals surface area contributed by atoms with E-state index in [4.69, 9.17) is 5.73 Å². The lowest BCUT2D eigenvalue weighted by molar-refractivity contribution is -0.133. The first-order valence-electron chi connectivity index (χ1n) is 5.49. The summed E-state index contributed by atoms with van der Waals surface area (Å²) < 4.78 is 0. The highest BCUT2D eigenvalue weighted by atomic mass is 16.2. The second kappa shape index (κ2) is 4.18. The molecule has 2 heterocycles. The van der Waals surface area contributed by atoms with E-state index in [1.54, 1.807) is 0 Å². The minimum absolute atomic E-state index is 0.0112. The third-order valence-electron chi connectivity index (χ3n) is 3.22. The zero-order valence-electron chi connectivity index (χ0n) is 8.74. The van der Waals surface area contributed by atoms with Crippen LogP contribution in [-0.4, -0.2) is 42.4 Å². The van der Waals surface area contributed by atoms with Gasteiger partial charge in [-0.2, -0.15) is 0 Å². The molecule has 0 aromatic carbocycles. The SMILES string of the molecule is NCC1CCN(C(=O)[C@@H]2CCC(=O)N2)C1. The van der Waals surface area contributed by atoms with Gasteiger partial charge in [0.2, 0.25) is 11.8 Å². The maximum Gasteiger partial charge on any atom is 0.245 e. The average molecular weight is 211 g/mol. The van der Waals surface area contributed by atoms with Crippen molar-refractivity contribution in [2.24, 2.45) is 11.7 Å². The van der Waals surface area contributed by atoms with E-state index < -0.39 is 0 Å². The van der Waals surface area contributed by atoms with Gasteiger partial charge in [0.15, 0.2) is 0 Å². The standard InChI is InChI=1S/C10H17N3O2/c11-5-7-3-4-13(6-7)10(15)8-1-2-9(14)12-8/h7-8H,1-6,11H2,(H,12,14)/t7?,8-/m0/s1. The number of nitrogens with one attached hydrogen (secondary N) is 1. The minimum atomic E-state index is -0.283. The number of nitrogens with zero attached hydrogens (tertiary/aromatic N) is 1. The third-order valence-corrected chi connectivity index (χ3v) is 3.22. The molecule has 2 atom stereocenters. The molecule has 0 spiro atoms. The summed E-state index contributed by atoms with van der Waals surface area (Å²) in [7, 11) is 0. The van der Waals surface area contributed by atoms with Gasteiger partial charge in [-0.05, 0) is 25.3 Å². The molecule has 0 radical (unpaired) electrons. The van der Waals surface area contributed by atoms with Gasteiger partial charge in [-0.1, -0.05) is 0 Å². The Hall–Kier alpha value is -1.10. The van der Waals surface area contributed by atoms with Crippen molar-refractivity contribution in [3.8, 4) is 0 Å². The quantitative estimate of drug-likeness (QED) is 0.620. The smallest absolute Gasteiger partial charge is 0.245 e. The van der Waals surface area contributed by atoms with Crippen LogP contribution in [0.15, 0.2) is 0 Å². The first kappa shape index (κ1) is 10.4. The summed E-state index contributed by atoms with van der Waals surface area (Å²) in [6.45, 7) is 2.18. The average Bonchev–Trinajstić information content (AvgIpc) is 2.84. The number of carbonyl (C=O) groups is 2. The Morgan fingerprint density at radius 1 is 1.53 bits per heavy atom. The summed E-state index contributed by atoms with van der Waals surface area (Å²) in [6, 6.07) is -0.283. The second-order valence-electron chi connectivity index (χ2n) is 4.33. The van der Waals surface area contributed by atoms with Crippen LogP contribution < -0.4 is 11.1 Å². The van der Waals surface area contributed by atoms with Crippen LogP contribution in [0.25, 0.3) is 0 Å². The Balaban J connectivity index is 1.89. The molecule has 0 saturated carbocycles. The number of carbonyl (C=O) groups excluding carboxylic acids is 2. The third kappa shape index (κ3) is 2.12. The molecule has 2 saturated heterocycles. The van der Waals surface area contributed by atoms with E-state index in [-0.39, 0.29) is 17.9 Å². The molecule has 5 nitrogen and oxygen atoms in total. The molecule has 84 valence electrons. The Morgan fingerprint density at radius 2 is 2.33 bits per heavy atom. The maximum absolute atomic E-state index is 11.9.